The Labute approximate surface area is 150 Å². The van der Waals surface area contributed by atoms with Crippen LogP contribution in [0.5, 0.6) is 0 Å². The molecule has 0 spiro atoms. The van der Waals surface area contributed by atoms with Crippen LogP contribution in [0.25, 0.3) is 0 Å². The molecule has 3 N–H and O–H groups in total. The van der Waals surface area contributed by atoms with Crippen LogP contribution in [0.15, 0.2) is 40.9 Å². The van der Waals surface area contributed by atoms with Gasteiger partial charge in [0.2, 0.25) is 0 Å². The summed E-state index contributed by atoms with van der Waals surface area (Å²) in [4.78, 5) is 12.8. The van der Waals surface area contributed by atoms with E-state index < -0.39 is 5.92 Å². The number of hydrogen-bond acceptors (Lipinski definition) is 4. The zero-order valence-electron chi connectivity index (χ0n) is 13.4. The molecule has 1 atom stereocenters. The van der Waals surface area contributed by atoms with Gasteiger partial charge in [0, 0.05) is 27.7 Å². The number of Topliss-reactive ketones (excluding diaryl/α,β-unsaturated/α-hetero) is 1. The number of carbonyl (C=O) groups excluding carboxylic acids is 1. The van der Waals surface area contributed by atoms with Crippen molar-refractivity contribution in [2.45, 2.75) is 32.6 Å². The molecule has 124 valence electrons. The molecule has 1 aliphatic carbocycles. The van der Waals surface area contributed by atoms with Gasteiger partial charge >= 0.3 is 0 Å². The normalized spacial score (nSPS) is 22.8. The molecular formula is C18H17Cl2N3O. The number of ketones is 1. The fourth-order valence-electron chi connectivity index (χ4n) is 3.48. The van der Waals surface area contributed by atoms with Crippen LogP contribution < -0.4 is 11.1 Å². The monoisotopic (exact) mass is 361 g/mol. The fraction of sp³-hybridized carbons (Fsp3) is 0.333. The van der Waals surface area contributed by atoms with Gasteiger partial charge in [-0.25, -0.2) is 0 Å². The van der Waals surface area contributed by atoms with Crippen molar-refractivity contribution in [2.75, 3.05) is 0 Å². The van der Waals surface area contributed by atoms with Crippen LogP contribution in [-0.2, 0) is 4.79 Å². The first kappa shape index (κ1) is 16.9. The fourth-order valence-corrected chi connectivity index (χ4v) is 4.00. The molecule has 0 fully saturated rings. The molecule has 1 unspecified atom stereocenters. The van der Waals surface area contributed by atoms with E-state index >= 15 is 0 Å². The van der Waals surface area contributed by atoms with Crippen molar-refractivity contribution in [2.24, 2.45) is 11.1 Å². The highest BCUT2D eigenvalue weighted by atomic mass is 35.5. The summed E-state index contributed by atoms with van der Waals surface area (Å²) in [5.41, 5.74) is 8.27. The minimum atomic E-state index is -0.556. The number of halogens is 2. The third-order valence-corrected chi connectivity index (χ3v) is 5.03. The standard InChI is InChI=1S/C18H17Cl2N3O/c1-18(2)6-13-16(14(24)7-18)15(11(8-21)17(22)23-13)10-4-3-9(19)5-12(10)20/h3-5,15,23H,6-7,22H2,1-2H3. The summed E-state index contributed by atoms with van der Waals surface area (Å²) in [5, 5.41) is 13.6. The second-order valence-corrected chi connectivity index (χ2v) is 7.84. The second-order valence-electron chi connectivity index (χ2n) is 7.00. The molecular weight excluding hydrogens is 345 g/mol. The molecule has 1 heterocycles. The molecule has 1 aromatic carbocycles. The molecule has 0 aromatic heterocycles. The smallest absolute Gasteiger partial charge is 0.162 e. The Kier molecular flexibility index (Phi) is 4.11. The summed E-state index contributed by atoms with van der Waals surface area (Å²) in [6, 6.07) is 7.20. The van der Waals surface area contributed by atoms with Crippen molar-refractivity contribution < 1.29 is 4.79 Å². The molecule has 2 aliphatic rings. The number of carbonyl (C=O) groups is 1. The lowest BCUT2D eigenvalue weighted by atomic mass is 9.69. The summed E-state index contributed by atoms with van der Waals surface area (Å²) in [7, 11) is 0. The summed E-state index contributed by atoms with van der Waals surface area (Å²) in [6.07, 6.45) is 1.11. The topological polar surface area (TPSA) is 78.9 Å². The first-order valence-electron chi connectivity index (χ1n) is 7.61. The number of nitriles is 1. The zero-order chi connectivity index (χ0) is 17.6. The van der Waals surface area contributed by atoms with Gasteiger partial charge < -0.3 is 11.1 Å². The van der Waals surface area contributed by atoms with Crippen LogP contribution in [0.3, 0.4) is 0 Å². The minimum Gasteiger partial charge on any atom is -0.384 e. The number of rotatable bonds is 1. The van der Waals surface area contributed by atoms with E-state index in [1.807, 2.05) is 13.8 Å². The largest absolute Gasteiger partial charge is 0.384 e. The van der Waals surface area contributed by atoms with Gasteiger partial charge in [-0.3, -0.25) is 4.79 Å². The van der Waals surface area contributed by atoms with Crippen molar-refractivity contribution in [3.63, 3.8) is 0 Å². The van der Waals surface area contributed by atoms with Crippen LogP contribution in [0, 0.1) is 16.7 Å². The summed E-state index contributed by atoms with van der Waals surface area (Å²) in [6.45, 7) is 4.08. The highest BCUT2D eigenvalue weighted by Gasteiger charge is 2.41. The van der Waals surface area contributed by atoms with Gasteiger partial charge in [0.15, 0.2) is 5.78 Å². The van der Waals surface area contributed by atoms with E-state index in [1.165, 1.54) is 0 Å². The summed E-state index contributed by atoms with van der Waals surface area (Å²) in [5.74, 6) is -0.262. The van der Waals surface area contributed by atoms with Crippen molar-refractivity contribution >= 4 is 29.0 Å². The molecule has 0 radical (unpaired) electrons. The average molecular weight is 362 g/mol. The average Bonchev–Trinajstić information content (AvgIpc) is 2.44. The molecule has 0 saturated heterocycles. The van der Waals surface area contributed by atoms with Crippen molar-refractivity contribution in [1.29, 1.82) is 5.26 Å². The summed E-state index contributed by atoms with van der Waals surface area (Å²) < 4.78 is 0. The molecule has 1 aliphatic heterocycles. The molecule has 1 aromatic rings. The van der Waals surface area contributed by atoms with Crippen molar-refractivity contribution in [3.05, 3.63) is 56.5 Å². The van der Waals surface area contributed by atoms with Gasteiger partial charge in [0.1, 0.15) is 5.82 Å². The van der Waals surface area contributed by atoms with E-state index in [9.17, 15) is 10.1 Å². The maximum absolute atomic E-state index is 12.8. The second kappa shape index (κ2) is 5.84. The lowest BCUT2D eigenvalue weighted by Gasteiger charge is -2.38. The Morgan fingerprint density at radius 1 is 1.33 bits per heavy atom. The first-order valence-corrected chi connectivity index (χ1v) is 8.37. The predicted molar refractivity (Wildman–Crippen MR) is 94.2 cm³/mol. The molecule has 0 bridgehead atoms. The number of nitrogens with one attached hydrogen (secondary N) is 1. The minimum absolute atomic E-state index is 0.0185. The Morgan fingerprint density at radius 3 is 2.67 bits per heavy atom. The number of hydrogen-bond donors (Lipinski definition) is 2. The SMILES string of the molecule is CC1(C)CC(=O)C2=C(C1)NC(N)=C(C#N)C2c1ccc(Cl)cc1Cl. The highest BCUT2D eigenvalue weighted by molar-refractivity contribution is 6.35. The Morgan fingerprint density at radius 2 is 2.04 bits per heavy atom. The van der Waals surface area contributed by atoms with Gasteiger partial charge in [-0.15, -0.1) is 0 Å². The zero-order valence-corrected chi connectivity index (χ0v) is 14.9. The van der Waals surface area contributed by atoms with E-state index in [2.05, 4.69) is 11.4 Å². The van der Waals surface area contributed by atoms with Crippen LogP contribution >= 0.6 is 23.2 Å². The van der Waals surface area contributed by atoms with E-state index in [4.69, 9.17) is 28.9 Å². The predicted octanol–water partition coefficient (Wildman–Crippen LogP) is 4.02. The molecule has 6 heteroatoms. The molecule has 4 nitrogen and oxygen atoms in total. The third kappa shape index (κ3) is 2.79. The number of dihydropyridines is 1. The van der Waals surface area contributed by atoms with Gasteiger partial charge in [0.05, 0.1) is 17.6 Å². The number of allylic oxidation sites excluding steroid dienone is 3. The van der Waals surface area contributed by atoms with Gasteiger partial charge in [0.25, 0.3) is 0 Å². The highest BCUT2D eigenvalue weighted by Crippen LogP contribution is 2.47. The van der Waals surface area contributed by atoms with Gasteiger partial charge in [-0.1, -0.05) is 43.1 Å². The lowest BCUT2D eigenvalue weighted by molar-refractivity contribution is -0.118. The Hall–Kier alpha value is -1.96. The van der Waals surface area contributed by atoms with Crippen molar-refractivity contribution in [3.8, 4) is 6.07 Å². The maximum atomic E-state index is 12.8. The summed E-state index contributed by atoms with van der Waals surface area (Å²) >= 11 is 12.3. The van der Waals surface area contributed by atoms with Gasteiger partial charge in [-0.05, 0) is 29.5 Å². The van der Waals surface area contributed by atoms with E-state index in [0.29, 0.717) is 39.6 Å². The van der Waals surface area contributed by atoms with E-state index in [0.717, 1.165) is 5.70 Å². The van der Waals surface area contributed by atoms with E-state index in [-0.39, 0.29) is 17.0 Å². The molecule has 24 heavy (non-hydrogen) atoms. The number of benzene rings is 1. The Balaban J connectivity index is 2.22. The van der Waals surface area contributed by atoms with Crippen molar-refractivity contribution in [1.82, 2.24) is 5.32 Å². The lowest BCUT2D eigenvalue weighted by Crippen LogP contribution is -2.39. The number of nitrogens with two attached hydrogens (primary N) is 1. The third-order valence-electron chi connectivity index (χ3n) is 4.47. The van der Waals surface area contributed by atoms with E-state index in [1.54, 1.807) is 18.2 Å². The molecule has 0 saturated carbocycles. The van der Waals surface area contributed by atoms with Crippen LogP contribution in [0.2, 0.25) is 10.0 Å². The van der Waals surface area contributed by atoms with Crippen LogP contribution in [0.1, 0.15) is 38.2 Å². The number of nitrogens with zero attached hydrogens (tertiary/aromatic N) is 1. The Bertz CT molecular complexity index is 846. The van der Waals surface area contributed by atoms with Crippen LogP contribution in [-0.4, -0.2) is 5.78 Å². The first-order chi connectivity index (χ1) is 11.2. The van der Waals surface area contributed by atoms with Gasteiger partial charge in [-0.2, -0.15) is 5.26 Å². The quantitative estimate of drug-likeness (QED) is 0.791. The van der Waals surface area contributed by atoms with Crippen LogP contribution in [0.4, 0.5) is 0 Å². The molecule has 0 amide bonds. The maximum Gasteiger partial charge on any atom is 0.162 e. The molecule has 3 rings (SSSR count).